The van der Waals surface area contributed by atoms with Gasteiger partial charge in [0.15, 0.2) is 11.2 Å². The van der Waals surface area contributed by atoms with Gasteiger partial charge in [-0.05, 0) is 54.3 Å². The lowest BCUT2D eigenvalue weighted by atomic mass is 9.93. The smallest absolute Gasteiger partial charge is 0.326 e. The number of aromatic amines is 1. The van der Waals surface area contributed by atoms with Crippen LogP contribution < -0.4 is 11.1 Å². The van der Waals surface area contributed by atoms with E-state index in [9.17, 15) is 19.5 Å². The van der Waals surface area contributed by atoms with Crippen molar-refractivity contribution in [1.29, 1.82) is 0 Å². The van der Waals surface area contributed by atoms with Crippen molar-refractivity contribution >= 4 is 27.9 Å². The Morgan fingerprint density at radius 1 is 0.956 bits per heavy atom. The normalized spacial score (nSPS) is 19.0. The standard InChI is InChI=1S/C35H33N3O7/c39-19-22-9-11-23(12-10-22)20-44-32-18-24(27-21-43-30-8-4-1-5-26(30)33(27)40)17-31(45-32)34(41)37-15-13-25(14-16-37)38-29-7-3-2-6-28(29)36-35(38)42/h1-12,17,21,24-25,32,39H,13-16,18-20H2,(H,36,42). The Labute approximate surface area is 258 Å². The van der Waals surface area contributed by atoms with Crippen LogP contribution in [-0.2, 0) is 27.5 Å². The first-order valence-corrected chi connectivity index (χ1v) is 15.2. The van der Waals surface area contributed by atoms with E-state index < -0.39 is 12.2 Å². The van der Waals surface area contributed by atoms with Crippen molar-refractivity contribution in [3.63, 3.8) is 0 Å². The molecule has 1 fully saturated rings. The van der Waals surface area contributed by atoms with Crippen molar-refractivity contribution in [3.05, 3.63) is 128 Å². The number of nitrogens with zero attached hydrogens (tertiary/aromatic N) is 2. The number of aliphatic hydroxyl groups excluding tert-OH is 1. The molecule has 7 rings (SSSR count). The number of piperidine rings is 1. The zero-order valence-electron chi connectivity index (χ0n) is 24.6. The van der Waals surface area contributed by atoms with Crippen LogP contribution in [0.4, 0.5) is 0 Å². The Kier molecular flexibility index (Phi) is 7.83. The fourth-order valence-corrected chi connectivity index (χ4v) is 6.33. The number of fused-ring (bicyclic) bond motifs is 2. The summed E-state index contributed by atoms with van der Waals surface area (Å²) < 4.78 is 19.9. The Hall–Kier alpha value is -4.93. The summed E-state index contributed by atoms with van der Waals surface area (Å²) in [6.45, 7) is 1.07. The molecule has 3 aromatic carbocycles. The molecule has 2 aliphatic rings. The van der Waals surface area contributed by atoms with Crippen molar-refractivity contribution < 1.29 is 23.8 Å². The van der Waals surface area contributed by atoms with Crippen LogP contribution in [0.5, 0.6) is 0 Å². The van der Waals surface area contributed by atoms with E-state index in [-0.39, 0.29) is 42.0 Å². The molecule has 2 unspecified atom stereocenters. The lowest BCUT2D eigenvalue weighted by molar-refractivity contribution is -0.156. The number of likely N-dealkylation sites (tertiary alicyclic amines) is 1. The van der Waals surface area contributed by atoms with Gasteiger partial charge in [-0.25, -0.2) is 4.79 Å². The second-order valence-electron chi connectivity index (χ2n) is 11.6. The summed E-state index contributed by atoms with van der Waals surface area (Å²) in [6.07, 6.45) is 3.93. The van der Waals surface area contributed by atoms with Crippen LogP contribution in [-0.4, -0.2) is 44.8 Å². The van der Waals surface area contributed by atoms with Crippen LogP contribution in [0.1, 0.15) is 47.9 Å². The topological polar surface area (TPSA) is 127 Å². The molecule has 4 heterocycles. The number of benzene rings is 3. The fourth-order valence-electron chi connectivity index (χ4n) is 6.33. The van der Waals surface area contributed by atoms with E-state index in [2.05, 4.69) is 4.98 Å². The van der Waals surface area contributed by atoms with E-state index in [1.165, 1.54) is 6.26 Å². The monoisotopic (exact) mass is 607 g/mol. The van der Waals surface area contributed by atoms with Crippen LogP contribution in [0.25, 0.3) is 22.0 Å². The maximum Gasteiger partial charge on any atom is 0.326 e. The molecule has 45 heavy (non-hydrogen) atoms. The number of amides is 1. The van der Waals surface area contributed by atoms with Gasteiger partial charge in [-0.2, -0.15) is 0 Å². The van der Waals surface area contributed by atoms with Crippen molar-refractivity contribution in [1.82, 2.24) is 14.5 Å². The van der Waals surface area contributed by atoms with Crippen molar-refractivity contribution in [3.8, 4) is 0 Å². The molecule has 2 aromatic heterocycles. The number of aliphatic hydroxyl groups is 1. The molecule has 0 bridgehead atoms. The summed E-state index contributed by atoms with van der Waals surface area (Å²) in [6, 6.07) is 22.0. The molecule has 2 aliphatic heterocycles. The predicted molar refractivity (Wildman–Crippen MR) is 167 cm³/mol. The Morgan fingerprint density at radius 2 is 1.69 bits per heavy atom. The minimum absolute atomic E-state index is 0.0396. The molecule has 10 heteroatoms. The molecule has 1 amide bonds. The highest BCUT2D eigenvalue weighted by Gasteiger charge is 2.34. The van der Waals surface area contributed by atoms with E-state index in [0.717, 1.165) is 22.2 Å². The predicted octanol–water partition coefficient (Wildman–Crippen LogP) is 4.72. The summed E-state index contributed by atoms with van der Waals surface area (Å²) in [7, 11) is 0. The van der Waals surface area contributed by atoms with Crippen LogP contribution >= 0.6 is 0 Å². The molecule has 0 saturated carbocycles. The van der Waals surface area contributed by atoms with Crippen molar-refractivity contribution in [2.75, 3.05) is 13.1 Å². The Bertz CT molecular complexity index is 2000. The summed E-state index contributed by atoms with van der Waals surface area (Å²) in [5, 5.41) is 9.82. The number of carbonyl (C=O) groups is 1. The summed E-state index contributed by atoms with van der Waals surface area (Å²) in [5.41, 5.74) is 3.95. The van der Waals surface area contributed by atoms with Gasteiger partial charge in [0.25, 0.3) is 5.91 Å². The second-order valence-corrected chi connectivity index (χ2v) is 11.6. The minimum atomic E-state index is -0.787. The van der Waals surface area contributed by atoms with Gasteiger partial charge in [0, 0.05) is 37.0 Å². The minimum Gasteiger partial charge on any atom is -0.464 e. The maximum atomic E-state index is 13.9. The maximum absolute atomic E-state index is 13.9. The van der Waals surface area contributed by atoms with Crippen LogP contribution in [0, 0.1) is 0 Å². The number of allylic oxidation sites excluding steroid dienone is 1. The largest absolute Gasteiger partial charge is 0.464 e. The highest BCUT2D eigenvalue weighted by atomic mass is 16.7. The quantitative estimate of drug-likeness (QED) is 0.274. The Morgan fingerprint density at radius 3 is 2.49 bits per heavy atom. The zero-order valence-corrected chi connectivity index (χ0v) is 24.6. The number of H-pyrrole nitrogens is 1. The van der Waals surface area contributed by atoms with Crippen LogP contribution in [0.2, 0.25) is 0 Å². The van der Waals surface area contributed by atoms with Crippen LogP contribution in [0.15, 0.2) is 105 Å². The third kappa shape index (κ3) is 5.70. The highest BCUT2D eigenvalue weighted by molar-refractivity contribution is 5.92. The van der Waals surface area contributed by atoms with Gasteiger partial charge < -0.3 is 28.9 Å². The van der Waals surface area contributed by atoms with Gasteiger partial charge in [-0.15, -0.1) is 0 Å². The molecule has 1 saturated heterocycles. The SMILES string of the molecule is O=C(C1=CC(c2coc3ccccc3c2=O)CC(OCc2ccc(CO)cc2)O1)N1CCC(n2c(=O)[nH]c3ccccc32)CC1. The third-order valence-corrected chi connectivity index (χ3v) is 8.76. The number of hydrogen-bond donors (Lipinski definition) is 2. The number of nitrogens with one attached hydrogen (secondary N) is 1. The average molecular weight is 608 g/mol. The van der Waals surface area contributed by atoms with Gasteiger partial charge in [-0.1, -0.05) is 48.5 Å². The average Bonchev–Trinajstić information content (AvgIpc) is 3.43. The highest BCUT2D eigenvalue weighted by Crippen LogP contribution is 2.33. The molecular formula is C35H33N3O7. The van der Waals surface area contributed by atoms with E-state index in [4.69, 9.17) is 13.9 Å². The molecule has 0 aliphatic carbocycles. The second kappa shape index (κ2) is 12.2. The molecular weight excluding hydrogens is 574 g/mol. The van der Waals surface area contributed by atoms with E-state index in [1.807, 2.05) is 54.6 Å². The number of carbonyl (C=O) groups excluding carboxylic acids is 1. The first-order valence-electron chi connectivity index (χ1n) is 15.2. The van der Waals surface area contributed by atoms with E-state index in [1.54, 1.807) is 33.7 Å². The van der Waals surface area contributed by atoms with Gasteiger partial charge in [-0.3, -0.25) is 14.2 Å². The molecule has 10 nitrogen and oxygen atoms in total. The summed E-state index contributed by atoms with van der Waals surface area (Å²) >= 11 is 0. The third-order valence-electron chi connectivity index (χ3n) is 8.76. The van der Waals surface area contributed by atoms with Gasteiger partial charge in [0.2, 0.25) is 6.29 Å². The number of hydrogen-bond acceptors (Lipinski definition) is 7. The number of rotatable bonds is 7. The van der Waals surface area contributed by atoms with Crippen LogP contribution in [0.3, 0.4) is 0 Å². The van der Waals surface area contributed by atoms with Gasteiger partial charge in [0.1, 0.15) is 5.58 Å². The first kappa shape index (κ1) is 28.8. The van der Waals surface area contributed by atoms with E-state index >= 15 is 0 Å². The molecule has 2 atom stereocenters. The number of aromatic nitrogens is 2. The van der Waals surface area contributed by atoms with E-state index in [0.29, 0.717) is 48.9 Å². The molecule has 0 spiro atoms. The first-order chi connectivity index (χ1) is 22.0. The Balaban J connectivity index is 1.12. The van der Waals surface area contributed by atoms with Crippen molar-refractivity contribution in [2.45, 2.75) is 50.7 Å². The van der Waals surface area contributed by atoms with Gasteiger partial charge >= 0.3 is 5.69 Å². The number of ether oxygens (including phenoxy) is 2. The lowest BCUT2D eigenvalue weighted by Gasteiger charge is -2.35. The summed E-state index contributed by atoms with van der Waals surface area (Å²) in [4.78, 5) is 44.8. The number of para-hydroxylation sites is 3. The molecule has 2 N–H and O–H groups in total. The summed E-state index contributed by atoms with van der Waals surface area (Å²) in [5.74, 6) is -0.625. The fraction of sp³-hybridized carbons (Fsp3) is 0.286. The zero-order chi connectivity index (χ0) is 30.9. The molecule has 230 valence electrons. The molecule has 5 aromatic rings. The number of imidazole rings is 1. The lowest BCUT2D eigenvalue weighted by Crippen LogP contribution is -2.42. The molecule has 0 radical (unpaired) electrons. The van der Waals surface area contributed by atoms with Crippen molar-refractivity contribution in [2.24, 2.45) is 0 Å². The van der Waals surface area contributed by atoms with Gasteiger partial charge in [0.05, 0.1) is 35.9 Å².